The fourth-order valence-electron chi connectivity index (χ4n) is 4.36. The third-order valence-electron chi connectivity index (χ3n) is 6.28. The standard InChI is InChI=1S/C34H59N3O8/c1-11-36(24-30(40)44-33(5,6)7)21-22-37(20-19-35-23-29(39)43-32(2,3)4)27(31(41)45-34(8,9)10)17-18-28(38)42-25-26-15-13-12-14-16-26/h12-16,27-28,35,38H,11,17-25H2,1-10H3. The number of rotatable bonds is 19. The van der Waals surface area contributed by atoms with Crippen molar-refractivity contribution in [1.82, 2.24) is 15.1 Å². The maximum absolute atomic E-state index is 13.6. The van der Waals surface area contributed by atoms with Crippen LogP contribution in [0.15, 0.2) is 30.3 Å². The predicted octanol–water partition coefficient (Wildman–Crippen LogP) is 3.91. The molecule has 0 fully saturated rings. The van der Waals surface area contributed by atoms with Gasteiger partial charge in [0.05, 0.1) is 19.7 Å². The van der Waals surface area contributed by atoms with Crippen LogP contribution >= 0.6 is 0 Å². The van der Waals surface area contributed by atoms with E-state index in [1.165, 1.54) is 0 Å². The Hall–Kier alpha value is -2.57. The molecule has 0 saturated heterocycles. The van der Waals surface area contributed by atoms with Crippen LogP contribution in [0, 0.1) is 0 Å². The molecule has 0 spiro atoms. The number of likely N-dealkylation sites (N-methyl/N-ethyl adjacent to an activating group) is 1. The number of esters is 3. The number of nitrogens with zero attached hydrogens (tertiary/aromatic N) is 2. The molecule has 45 heavy (non-hydrogen) atoms. The summed E-state index contributed by atoms with van der Waals surface area (Å²) in [6, 6.07) is 8.84. The zero-order chi connectivity index (χ0) is 34.3. The zero-order valence-electron chi connectivity index (χ0n) is 29.3. The second-order valence-electron chi connectivity index (χ2n) is 14.1. The summed E-state index contributed by atoms with van der Waals surface area (Å²) in [5.41, 5.74) is -0.964. The number of benzene rings is 1. The molecule has 0 aliphatic heterocycles. The van der Waals surface area contributed by atoms with E-state index in [0.29, 0.717) is 32.7 Å². The minimum absolute atomic E-state index is 0.0218. The van der Waals surface area contributed by atoms with Gasteiger partial charge in [0.2, 0.25) is 0 Å². The Balaban J connectivity index is 3.06. The number of ether oxygens (including phenoxy) is 4. The lowest BCUT2D eigenvalue weighted by molar-refractivity contribution is -0.164. The summed E-state index contributed by atoms with van der Waals surface area (Å²) in [6.45, 7) is 21.0. The minimum atomic E-state index is -1.08. The molecule has 0 radical (unpaired) electrons. The Bertz CT molecular complexity index is 1010. The van der Waals surface area contributed by atoms with E-state index in [4.69, 9.17) is 18.9 Å². The largest absolute Gasteiger partial charge is 0.459 e. The quantitative estimate of drug-likeness (QED) is 0.0992. The van der Waals surface area contributed by atoms with E-state index in [9.17, 15) is 19.5 Å². The molecule has 2 N–H and O–H groups in total. The first-order chi connectivity index (χ1) is 20.8. The highest BCUT2D eigenvalue weighted by atomic mass is 16.6. The van der Waals surface area contributed by atoms with Crippen molar-refractivity contribution in [3.05, 3.63) is 35.9 Å². The van der Waals surface area contributed by atoms with Gasteiger partial charge in [-0.1, -0.05) is 37.3 Å². The predicted molar refractivity (Wildman–Crippen MR) is 174 cm³/mol. The van der Waals surface area contributed by atoms with E-state index >= 15 is 0 Å². The fraction of sp³-hybridized carbons (Fsp3) is 0.735. The molecular formula is C34H59N3O8. The summed E-state index contributed by atoms with van der Waals surface area (Å²) in [5.74, 6) is -1.11. The number of aliphatic hydroxyl groups excluding tert-OH is 1. The first-order valence-electron chi connectivity index (χ1n) is 15.9. The second-order valence-corrected chi connectivity index (χ2v) is 14.1. The van der Waals surface area contributed by atoms with Crippen LogP contribution in [0.2, 0.25) is 0 Å². The average Bonchev–Trinajstić information content (AvgIpc) is 2.89. The summed E-state index contributed by atoms with van der Waals surface area (Å²) in [6.07, 6.45) is -0.607. The van der Waals surface area contributed by atoms with Crippen molar-refractivity contribution in [3.63, 3.8) is 0 Å². The van der Waals surface area contributed by atoms with Crippen LogP contribution in [-0.4, -0.2) is 108 Å². The van der Waals surface area contributed by atoms with Crippen molar-refractivity contribution >= 4 is 17.9 Å². The highest BCUT2D eigenvalue weighted by Gasteiger charge is 2.31. The average molecular weight is 638 g/mol. The van der Waals surface area contributed by atoms with Crippen LogP contribution in [0.3, 0.4) is 0 Å². The van der Waals surface area contributed by atoms with Gasteiger partial charge in [0.25, 0.3) is 0 Å². The lowest BCUT2D eigenvalue weighted by atomic mass is 10.1. The molecular weight excluding hydrogens is 578 g/mol. The second kappa shape index (κ2) is 19.2. The zero-order valence-corrected chi connectivity index (χ0v) is 29.3. The lowest BCUT2D eigenvalue weighted by Gasteiger charge is -2.34. The third-order valence-corrected chi connectivity index (χ3v) is 6.28. The molecule has 0 saturated carbocycles. The molecule has 0 aliphatic rings. The van der Waals surface area contributed by atoms with Crippen LogP contribution in [0.25, 0.3) is 0 Å². The topological polar surface area (TPSA) is 127 Å². The van der Waals surface area contributed by atoms with Gasteiger partial charge >= 0.3 is 17.9 Å². The summed E-state index contributed by atoms with van der Waals surface area (Å²) >= 11 is 0. The smallest absolute Gasteiger partial charge is 0.323 e. The maximum atomic E-state index is 13.6. The lowest BCUT2D eigenvalue weighted by Crippen LogP contribution is -2.50. The molecule has 2 atom stereocenters. The first-order valence-corrected chi connectivity index (χ1v) is 15.9. The SMILES string of the molecule is CCN(CCN(CCNCC(=O)OC(C)(C)C)C(CCC(O)OCc1ccccc1)C(=O)OC(C)(C)C)CC(=O)OC(C)(C)C. The minimum Gasteiger partial charge on any atom is -0.459 e. The molecule has 11 nitrogen and oxygen atoms in total. The molecule has 0 aliphatic carbocycles. The monoisotopic (exact) mass is 637 g/mol. The van der Waals surface area contributed by atoms with Gasteiger partial charge in [-0.3, -0.25) is 24.2 Å². The van der Waals surface area contributed by atoms with Crippen molar-refractivity contribution in [3.8, 4) is 0 Å². The van der Waals surface area contributed by atoms with Gasteiger partial charge in [-0.05, 0) is 80.8 Å². The van der Waals surface area contributed by atoms with Gasteiger partial charge < -0.3 is 29.4 Å². The maximum Gasteiger partial charge on any atom is 0.323 e. The van der Waals surface area contributed by atoms with E-state index in [1.54, 1.807) is 0 Å². The molecule has 0 aromatic heterocycles. The first kappa shape index (κ1) is 40.5. The highest BCUT2D eigenvalue weighted by molar-refractivity contribution is 5.76. The van der Waals surface area contributed by atoms with Crippen LogP contribution in [0.4, 0.5) is 0 Å². The van der Waals surface area contributed by atoms with Crippen molar-refractivity contribution in [2.24, 2.45) is 0 Å². The van der Waals surface area contributed by atoms with E-state index in [0.717, 1.165) is 5.56 Å². The molecule has 2 unspecified atom stereocenters. The van der Waals surface area contributed by atoms with Crippen LogP contribution in [0.5, 0.6) is 0 Å². The molecule has 1 aromatic rings. The van der Waals surface area contributed by atoms with Crippen molar-refractivity contribution in [2.75, 3.05) is 45.8 Å². The number of hydrogen-bond donors (Lipinski definition) is 2. The number of nitrogens with one attached hydrogen (secondary N) is 1. The van der Waals surface area contributed by atoms with E-state index in [1.807, 2.05) is 109 Å². The molecule has 258 valence electrons. The fourth-order valence-corrected chi connectivity index (χ4v) is 4.36. The number of carbonyl (C=O) groups is 3. The van der Waals surface area contributed by atoms with Gasteiger partial charge in [-0.15, -0.1) is 0 Å². The third kappa shape index (κ3) is 20.2. The normalized spacial score (nSPS) is 13.9. The summed E-state index contributed by atoms with van der Waals surface area (Å²) in [4.78, 5) is 42.3. The molecule has 0 amide bonds. The number of aliphatic hydroxyl groups is 1. The molecule has 11 heteroatoms. The van der Waals surface area contributed by atoms with Crippen LogP contribution in [-0.2, 0) is 39.9 Å². The van der Waals surface area contributed by atoms with Crippen molar-refractivity contribution in [2.45, 2.75) is 118 Å². The molecule has 1 rings (SSSR count). The summed E-state index contributed by atoms with van der Waals surface area (Å²) in [7, 11) is 0. The van der Waals surface area contributed by atoms with Gasteiger partial charge in [0, 0.05) is 32.6 Å². The van der Waals surface area contributed by atoms with Gasteiger partial charge in [0.15, 0.2) is 6.29 Å². The molecule has 0 bridgehead atoms. The molecule has 1 aromatic carbocycles. The Kier molecular flexibility index (Phi) is 17.2. The summed E-state index contributed by atoms with van der Waals surface area (Å²) < 4.78 is 22.4. The van der Waals surface area contributed by atoms with Crippen LogP contribution < -0.4 is 5.32 Å². The van der Waals surface area contributed by atoms with Gasteiger partial charge in [-0.25, -0.2) is 0 Å². The van der Waals surface area contributed by atoms with Crippen molar-refractivity contribution < 1.29 is 38.4 Å². The van der Waals surface area contributed by atoms with Gasteiger partial charge in [0.1, 0.15) is 22.8 Å². The molecule has 0 heterocycles. The van der Waals surface area contributed by atoms with Crippen LogP contribution in [0.1, 0.15) is 87.6 Å². The highest BCUT2D eigenvalue weighted by Crippen LogP contribution is 2.18. The Labute approximate surface area is 270 Å². The number of carbonyl (C=O) groups excluding carboxylic acids is 3. The number of hydrogen-bond acceptors (Lipinski definition) is 11. The van der Waals surface area contributed by atoms with E-state index in [2.05, 4.69) is 5.32 Å². The van der Waals surface area contributed by atoms with Gasteiger partial charge in [-0.2, -0.15) is 0 Å². The Morgan fingerprint density at radius 3 is 1.93 bits per heavy atom. The van der Waals surface area contributed by atoms with E-state index < -0.39 is 35.1 Å². The van der Waals surface area contributed by atoms with Crippen molar-refractivity contribution in [1.29, 1.82) is 0 Å². The summed E-state index contributed by atoms with van der Waals surface area (Å²) in [5, 5.41) is 13.8. The Morgan fingerprint density at radius 1 is 0.800 bits per heavy atom. The van der Waals surface area contributed by atoms with E-state index in [-0.39, 0.29) is 44.5 Å². The Morgan fingerprint density at radius 2 is 1.38 bits per heavy atom.